The number of nitrogens with two attached hydrogens (primary N) is 1. The SMILES string of the molecule is CC[C@@]12CCC3(C[C@@H]1CCCc1cc(N)ccc12)OCCO3. The molecular formula is C19H27NO2. The summed E-state index contributed by atoms with van der Waals surface area (Å²) < 4.78 is 12.1. The van der Waals surface area contributed by atoms with Crippen LogP contribution in [0.2, 0.25) is 0 Å². The highest BCUT2D eigenvalue weighted by molar-refractivity contribution is 5.48. The van der Waals surface area contributed by atoms with Gasteiger partial charge in [0, 0.05) is 18.5 Å². The molecule has 0 unspecified atom stereocenters. The molecule has 2 N–H and O–H groups in total. The third-order valence-electron chi connectivity index (χ3n) is 6.40. The van der Waals surface area contributed by atoms with Crippen LogP contribution in [0.4, 0.5) is 5.69 Å². The van der Waals surface area contributed by atoms with Crippen LogP contribution >= 0.6 is 0 Å². The molecule has 0 aromatic heterocycles. The zero-order valence-corrected chi connectivity index (χ0v) is 13.6. The molecular weight excluding hydrogens is 274 g/mol. The Balaban J connectivity index is 1.75. The van der Waals surface area contributed by atoms with Crippen molar-refractivity contribution >= 4 is 5.69 Å². The number of ether oxygens (including phenoxy) is 2. The molecule has 0 amide bonds. The molecule has 120 valence electrons. The van der Waals surface area contributed by atoms with Crippen LogP contribution in [0.15, 0.2) is 18.2 Å². The topological polar surface area (TPSA) is 44.5 Å². The van der Waals surface area contributed by atoms with Gasteiger partial charge in [0.15, 0.2) is 5.79 Å². The number of fused-ring (bicyclic) bond motifs is 3. The molecule has 1 heterocycles. The quantitative estimate of drug-likeness (QED) is 0.803. The largest absolute Gasteiger partial charge is 0.399 e. The Hall–Kier alpha value is -1.06. The highest BCUT2D eigenvalue weighted by atomic mass is 16.7. The second-order valence-electron chi connectivity index (χ2n) is 7.33. The highest BCUT2D eigenvalue weighted by Gasteiger charge is 2.52. The molecule has 3 heteroatoms. The molecule has 2 atom stereocenters. The van der Waals surface area contributed by atoms with E-state index < -0.39 is 0 Å². The van der Waals surface area contributed by atoms with Crippen molar-refractivity contribution in [2.75, 3.05) is 18.9 Å². The summed E-state index contributed by atoms with van der Waals surface area (Å²) in [6.45, 7) is 3.88. The van der Waals surface area contributed by atoms with Crippen molar-refractivity contribution in [1.82, 2.24) is 0 Å². The summed E-state index contributed by atoms with van der Waals surface area (Å²) in [5.74, 6) is 0.385. The van der Waals surface area contributed by atoms with Gasteiger partial charge in [0.2, 0.25) is 0 Å². The van der Waals surface area contributed by atoms with Crippen molar-refractivity contribution in [1.29, 1.82) is 0 Å². The van der Waals surface area contributed by atoms with Crippen LogP contribution in [0.3, 0.4) is 0 Å². The molecule has 3 aliphatic rings. The van der Waals surface area contributed by atoms with Gasteiger partial charge in [-0.2, -0.15) is 0 Å². The van der Waals surface area contributed by atoms with Crippen LogP contribution in [0, 0.1) is 5.92 Å². The van der Waals surface area contributed by atoms with Crippen molar-refractivity contribution in [3.8, 4) is 0 Å². The fourth-order valence-electron chi connectivity index (χ4n) is 5.28. The fraction of sp³-hybridized carbons (Fsp3) is 0.684. The van der Waals surface area contributed by atoms with Gasteiger partial charge in [0.1, 0.15) is 0 Å². The molecule has 1 aromatic rings. The van der Waals surface area contributed by atoms with E-state index in [9.17, 15) is 0 Å². The lowest BCUT2D eigenvalue weighted by Gasteiger charge is -2.49. The maximum atomic E-state index is 6.04. The van der Waals surface area contributed by atoms with E-state index in [1.165, 1.54) is 31.2 Å². The van der Waals surface area contributed by atoms with Crippen LogP contribution in [-0.2, 0) is 21.3 Å². The normalized spacial score (nSPS) is 33.2. The van der Waals surface area contributed by atoms with Gasteiger partial charge >= 0.3 is 0 Å². The first-order chi connectivity index (χ1) is 10.7. The second-order valence-corrected chi connectivity index (χ2v) is 7.33. The average Bonchev–Trinajstić information content (AvgIpc) is 2.90. The van der Waals surface area contributed by atoms with Crippen molar-refractivity contribution in [2.45, 2.75) is 63.1 Å². The van der Waals surface area contributed by atoms with E-state index >= 15 is 0 Å². The summed E-state index contributed by atoms with van der Waals surface area (Å²) in [6, 6.07) is 6.61. The number of nitrogen functional groups attached to an aromatic ring is 1. The van der Waals surface area contributed by atoms with Gasteiger partial charge in [0.05, 0.1) is 13.2 Å². The summed E-state index contributed by atoms with van der Waals surface area (Å²) in [5, 5.41) is 0. The van der Waals surface area contributed by atoms with Crippen LogP contribution in [0.5, 0.6) is 0 Å². The van der Waals surface area contributed by atoms with Gasteiger partial charge in [-0.25, -0.2) is 0 Å². The highest BCUT2D eigenvalue weighted by Crippen LogP contribution is 2.55. The number of anilines is 1. The van der Waals surface area contributed by atoms with E-state index in [4.69, 9.17) is 15.2 Å². The number of rotatable bonds is 1. The van der Waals surface area contributed by atoms with Crippen molar-refractivity contribution in [2.24, 2.45) is 5.92 Å². The molecule has 2 fully saturated rings. The van der Waals surface area contributed by atoms with Crippen LogP contribution in [0.25, 0.3) is 0 Å². The number of hydrogen-bond donors (Lipinski definition) is 1. The van der Waals surface area contributed by atoms with Crippen LogP contribution in [-0.4, -0.2) is 19.0 Å². The Morgan fingerprint density at radius 2 is 2.05 bits per heavy atom. The third kappa shape index (κ3) is 2.10. The zero-order valence-electron chi connectivity index (χ0n) is 13.6. The second kappa shape index (κ2) is 5.24. The van der Waals surface area contributed by atoms with E-state index in [-0.39, 0.29) is 5.79 Å². The maximum absolute atomic E-state index is 6.04. The van der Waals surface area contributed by atoms with Crippen LogP contribution < -0.4 is 5.73 Å². The molecule has 1 spiro atoms. The van der Waals surface area contributed by atoms with Crippen molar-refractivity contribution in [3.05, 3.63) is 29.3 Å². The van der Waals surface area contributed by atoms with Gasteiger partial charge < -0.3 is 15.2 Å². The molecule has 22 heavy (non-hydrogen) atoms. The predicted octanol–water partition coefficient (Wildman–Crippen LogP) is 3.80. The minimum absolute atomic E-state index is 0.276. The Kier molecular flexibility index (Phi) is 3.46. The fourth-order valence-corrected chi connectivity index (χ4v) is 5.28. The minimum atomic E-state index is -0.276. The van der Waals surface area contributed by atoms with E-state index in [0.29, 0.717) is 11.3 Å². The lowest BCUT2D eigenvalue weighted by Crippen LogP contribution is -2.48. The molecule has 1 aromatic carbocycles. The number of hydrogen-bond acceptors (Lipinski definition) is 3. The third-order valence-corrected chi connectivity index (χ3v) is 6.40. The monoisotopic (exact) mass is 301 g/mol. The first kappa shape index (κ1) is 14.5. The van der Waals surface area contributed by atoms with Gasteiger partial charge in [0.25, 0.3) is 0 Å². The molecule has 0 bridgehead atoms. The Morgan fingerprint density at radius 3 is 2.82 bits per heavy atom. The van der Waals surface area contributed by atoms with E-state index in [1.807, 2.05) is 0 Å². The molecule has 1 aliphatic heterocycles. The van der Waals surface area contributed by atoms with Gasteiger partial charge in [-0.15, -0.1) is 0 Å². The van der Waals surface area contributed by atoms with Crippen LogP contribution in [0.1, 0.15) is 56.6 Å². The lowest BCUT2D eigenvalue weighted by atomic mass is 9.59. The Labute approximate surface area is 133 Å². The molecule has 1 saturated carbocycles. The van der Waals surface area contributed by atoms with Crippen molar-refractivity contribution < 1.29 is 9.47 Å². The number of benzene rings is 1. The van der Waals surface area contributed by atoms with E-state index in [1.54, 1.807) is 5.56 Å². The standard InChI is InChI=1S/C19H27NO2/c1-2-18-8-9-19(21-10-11-22-19)13-15(18)5-3-4-14-12-16(20)6-7-17(14)18/h6-7,12,15H,2-5,8-11,13,20H2,1H3/t15-,18+/m0/s1. The van der Waals surface area contributed by atoms with Gasteiger partial charge in [-0.05, 0) is 66.7 Å². The molecule has 0 radical (unpaired) electrons. The van der Waals surface area contributed by atoms with E-state index in [2.05, 4.69) is 25.1 Å². The first-order valence-corrected chi connectivity index (χ1v) is 8.84. The predicted molar refractivity (Wildman–Crippen MR) is 87.7 cm³/mol. The van der Waals surface area contributed by atoms with Gasteiger partial charge in [-0.3, -0.25) is 0 Å². The first-order valence-electron chi connectivity index (χ1n) is 8.84. The van der Waals surface area contributed by atoms with Gasteiger partial charge in [-0.1, -0.05) is 13.0 Å². The van der Waals surface area contributed by atoms with E-state index in [0.717, 1.165) is 38.2 Å². The minimum Gasteiger partial charge on any atom is -0.399 e. The summed E-state index contributed by atoms with van der Waals surface area (Å²) in [6.07, 6.45) is 8.14. The lowest BCUT2D eigenvalue weighted by molar-refractivity contribution is -0.199. The summed E-state index contributed by atoms with van der Waals surface area (Å²) in [4.78, 5) is 0. The average molecular weight is 301 g/mol. The molecule has 4 rings (SSSR count). The smallest absolute Gasteiger partial charge is 0.168 e. The Bertz CT molecular complexity index is 565. The zero-order chi connectivity index (χ0) is 15.2. The molecule has 3 nitrogen and oxygen atoms in total. The summed E-state index contributed by atoms with van der Waals surface area (Å²) in [5.41, 5.74) is 10.3. The Morgan fingerprint density at radius 1 is 1.23 bits per heavy atom. The summed E-state index contributed by atoms with van der Waals surface area (Å²) >= 11 is 0. The summed E-state index contributed by atoms with van der Waals surface area (Å²) in [7, 11) is 0. The maximum Gasteiger partial charge on any atom is 0.168 e. The number of aryl methyl sites for hydroxylation is 1. The van der Waals surface area contributed by atoms with Crippen molar-refractivity contribution in [3.63, 3.8) is 0 Å². The molecule has 1 saturated heterocycles. The molecule has 2 aliphatic carbocycles.